The maximum atomic E-state index is 11.1. The van der Waals surface area contributed by atoms with E-state index in [2.05, 4.69) is 16.2 Å². The lowest BCUT2D eigenvalue weighted by molar-refractivity contribution is -0.145. The summed E-state index contributed by atoms with van der Waals surface area (Å²) in [7, 11) is 1.41. The van der Waals surface area contributed by atoms with E-state index in [4.69, 9.17) is 4.74 Å². The van der Waals surface area contributed by atoms with Crippen LogP contribution in [0.1, 0.15) is 19.8 Å². The van der Waals surface area contributed by atoms with Crippen LogP contribution in [0, 0.1) is 0 Å². The standard InChI is InChI=1S/C12H21NO3/c1-10(2)4-5-13-6-7-16-11(9-13)8-12(14)15-3/h11H,1,4-9H2,2-3H3. The monoisotopic (exact) mass is 227 g/mol. The predicted molar refractivity (Wildman–Crippen MR) is 62.2 cm³/mol. The van der Waals surface area contributed by atoms with Crippen molar-refractivity contribution in [1.29, 1.82) is 0 Å². The molecular formula is C12H21NO3. The van der Waals surface area contributed by atoms with E-state index in [1.165, 1.54) is 12.7 Å². The first-order valence-corrected chi connectivity index (χ1v) is 5.67. The van der Waals surface area contributed by atoms with Gasteiger partial charge >= 0.3 is 5.97 Å². The van der Waals surface area contributed by atoms with Gasteiger partial charge in [-0.05, 0) is 13.3 Å². The molecule has 0 N–H and O–H groups in total. The Morgan fingerprint density at radius 3 is 3.00 bits per heavy atom. The van der Waals surface area contributed by atoms with Crippen LogP contribution in [0.3, 0.4) is 0 Å². The van der Waals surface area contributed by atoms with Crippen molar-refractivity contribution in [1.82, 2.24) is 4.90 Å². The van der Waals surface area contributed by atoms with Gasteiger partial charge in [0.25, 0.3) is 0 Å². The molecule has 4 nitrogen and oxygen atoms in total. The van der Waals surface area contributed by atoms with Crippen LogP contribution < -0.4 is 0 Å². The molecule has 0 amide bonds. The quantitative estimate of drug-likeness (QED) is 0.523. The molecule has 0 aliphatic carbocycles. The van der Waals surface area contributed by atoms with Gasteiger partial charge in [-0.1, -0.05) is 5.57 Å². The number of carbonyl (C=O) groups is 1. The Kier molecular flexibility index (Phi) is 5.49. The summed E-state index contributed by atoms with van der Waals surface area (Å²) < 4.78 is 10.2. The predicted octanol–water partition coefficient (Wildman–Crippen LogP) is 1.22. The number of hydrogen-bond donors (Lipinski definition) is 0. The molecule has 92 valence electrons. The second-order valence-corrected chi connectivity index (χ2v) is 4.28. The summed E-state index contributed by atoms with van der Waals surface area (Å²) >= 11 is 0. The van der Waals surface area contributed by atoms with E-state index in [9.17, 15) is 4.79 Å². The van der Waals surface area contributed by atoms with Gasteiger partial charge in [-0.25, -0.2) is 0 Å². The summed E-state index contributed by atoms with van der Waals surface area (Å²) in [4.78, 5) is 13.4. The van der Waals surface area contributed by atoms with E-state index < -0.39 is 0 Å². The lowest BCUT2D eigenvalue weighted by atomic mass is 10.2. The molecule has 0 saturated carbocycles. The zero-order chi connectivity index (χ0) is 12.0. The highest BCUT2D eigenvalue weighted by Gasteiger charge is 2.22. The number of ether oxygens (including phenoxy) is 2. The van der Waals surface area contributed by atoms with Crippen LogP contribution in [0.25, 0.3) is 0 Å². The third kappa shape index (κ3) is 4.77. The molecule has 4 heteroatoms. The van der Waals surface area contributed by atoms with Crippen LogP contribution in [-0.2, 0) is 14.3 Å². The zero-order valence-corrected chi connectivity index (χ0v) is 10.2. The normalized spacial score (nSPS) is 21.8. The average molecular weight is 227 g/mol. The Morgan fingerprint density at radius 2 is 2.38 bits per heavy atom. The van der Waals surface area contributed by atoms with Crippen LogP contribution in [0.2, 0.25) is 0 Å². The lowest BCUT2D eigenvalue weighted by Crippen LogP contribution is -2.43. The average Bonchev–Trinajstić information content (AvgIpc) is 2.26. The number of nitrogens with zero attached hydrogens (tertiary/aromatic N) is 1. The molecule has 0 radical (unpaired) electrons. The van der Waals surface area contributed by atoms with Gasteiger partial charge in [-0.2, -0.15) is 0 Å². The minimum absolute atomic E-state index is 0.0219. The Balaban J connectivity index is 2.29. The number of hydrogen-bond acceptors (Lipinski definition) is 4. The molecule has 0 aromatic carbocycles. The fourth-order valence-electron chi connectivity index (χ4n) is 1.73. The summed E-state index contributed by atoms with van der Waals surface area (Å²) in [5.74, 6) is -0.202. The molecule has 1 atom stereocenters. The highest BCUT2D eigenvalue weighted by atomic mass is 16.5. The fourth-order valence-corrected chi connectivity index (χ4v) is 1.73. The summed E-state index contributed by atoms with van der Waals surface area (Å²) in [6, 6.07) is 0. The van der Waals surface area contributed by atoms with Crippen LogP contribution >= 0.6 is 0 Å². The van der Waals surface area contributed by atoms with Gasteiger partial charge in [0.1, 0.15) is 0 Å². The van der Waals surface area contributed by atoms with Gasteiger partial charge in [0.2, 0.25) is 0 Å². The van der Waals surface area contributed by atoms with Crippen LogP contribution in [0.5, 0.6) is 0 Å². The number of carbonyl (C=O) groups excluding carboxylic acids is 1. The van der Waals surface area contributed by atoms with Crippen LogP contribution in [0.4, 0.5) is 0 Å². The summed E-state index contributed by atoms with van der Waals surface area (Å²) in [5.41, 5.74) is 1.19. The van der Waals surface area contributed by atoms with Gasteiger partial charge < -0.3 is 9.47 Å². The Bertz CT molecular complexity index is 253. The molecule has 1 rings (SSSR count). The summed E-state index contributed by atoms with van der Waals surface area (Å²) in [6.45, 7) is 9.35. The second kappa shape index (κ2) is 6.66. The summed E-state index contributed by atoms with van der Waals surface area (Å²) in [5, 5.41) is 0. The van der Waals surface area contributed by atoms with E-state index in [0.29, 0.717) is 13.0 Å². The van der Waals surface area contributed by atoms with Crippen LogP contribution in [0.15, 0.2) is 12.2 Å². The minimum atomic E-state index is -0.202. The number of rotatable bonds is 5. The number of esters is 1. The van der Waals surface area contributed by atoms with Crippen LogP contribution in [-0.4, -0.2) is 50.3 Å². The first-order chi connectivity index (χ1) is 7.61. The van der Waals surface area contributed by atoms with Gasteiger partial charge in [-0.15, -0.1) is 6.58 Å². The maximum absolute atomic E-state index is 11.1. The van der Waals surface area contributed by atoms with Gasteiger partial charge in [0.05, 0.1) is 26.2 Å². The van der Waals surface area contributed by atoms with E-state index in [-0.39, 0.29) is 12.1 Å². The second-order valence-electron chi connectivity index (χ2n) is 4.28. The van der Waals surface area contributed by atoms with Crippen molar-refractivity contribution in [3.05, 3.63) is 12.2 Å². The molecule has 0 bridgehead atoms. The lowest BCUT2D eigenvalue weighted by Gasteiger charge is -2.32. The fraction of sp³-hybridized carbons (Fsp3) is 0.750. The van der Waals surface area contributed by atoms with Gasteiger partial charge in [-0.3, -0.25) is 9.69 Å². The van der Waals surface area contributed by atoms with Crippen molar-refractivity contribution in [2.45, 2.75) is 25.9 Å². The van der Waals surface area contributed by atoms with Gasteiger partial charge in [0, 0.05) is 19.6 Å². The number of morpholine rings is 1. The molecule has 1 fully saturated rings. The Labute approximate surface area is 97.2 Å². The molecule has 1 aliphatic heterocycles. The molecule has 0 aromatic heterocycles. The first-order valence-electron chi connectivity index (χ1n) is 5.67. The molecule has 16 heavy (non-hydrogen) atoms. The number of methoxy groups -OCH3 is 1. The third-order valence-electron chi connectivity index (χ3n) is 2.70. The molecule has 1 unspecified atom stereocenters. The summed E-state index contributed by atoms with van der Waals surface area (Å²) in [6.07, 6.45) is 1.33. The van der Waals surface area contributed by atoms with Crippen molar-refractivity contribution in [2.24, 2.45) is 0 Å². The molecule has 1 aliphatic rings. The Hall–Kier alpha value is -0.870. The molecular weight excluding hydrogens is 206 g/mol. The highest BCUT2D eigenvalue weighted by molar-refractivity contribution is 5.69. The van der Waals surface area contributed by atoms with Crippen molar-refractivity contribution >= 4 is 5.97 Å². The molecule has 0 aromatic rings. The third-order valence-corrected chi connectivity index (χ3v) is 2.70. The van der Waals surface area contributed by atoms with Crippen molar-refractivity contribution in [2.75, 3.05) is 33.4 Å². The maximum Gasteiger partial charge on any atom is 0.308 e. The van der Waals surface area contributed by atoms with E-state index in [0.717, 1.165) is 26.1 Å². The molecule has 1 heterocycles. The van der Waals surface area contributed by atoms with E-state index in [1.807, 2.05) is 6.92 Å². The Morgan fingerprint density at radius 1 is 1.62 bits per heavy atom. The highest BCUT2D eigenvalue weighted by Crippen LogP contribution is 2.10. The topological polar surface area (TPSA) is 38.8 Å². The minimum Gasteiger partial charge on any atom is -0.469 e. The van der Waals surface area contributed by atoms with E-state index in [1.54, 1.807) is 0 Å². The SMILES string of the molecule is C=C(C)CCN1CCOC(CC(=O)OC)C1. The molecule has 0 spiro atoms. The largest absolute Gasteiger partial charge is 0.469 e. The molecule has 1 saturated heterocycles. The first kappa shape index (κ1) is 13.2. The van der Waals surface area contributed by atoms with Crippen molar-refractivity contribution in [3.63, 3.8) is 0 Å². The van der Waals surface area contributed by atoms with E-state index >= 15 is 0 Å². The van der Waals surface area contributed by atoms with Crippen molar-refractivity contribution in [3.8, 4) is 0 Å². The van der Waals surface area contributed by atoms with Crippen molar-refractivity contribution < 1.29 is 14.3 Å². The van der Waals surface area contributed by atoms with Gasteiger partial charge in [0.15, 0.2) is 0 Å². The smallest absolute Gasteiger partial charge is 0.308 e. The zero-order valence-electron chi connectivity index (χ0n) is 10.2.